The number of rotatable bonds is 7. The van der Waals surface area contributed by atoms with Crippen LogP contribution in [0.4, 0.5) is 0 Å². The van der Waals surface area contributed by atoms with Gasteiger partial charge >= 0.3 is 0 Å². The van der Waals surface area contributed by atoms with Crippen LogP contribution in [0.15, 0.2) is 0 Å². The van der Waals surface area contributed by atoms with Gasteiger partial charge in [-0.2, -0.15) is 0 Å². The number of hydrogen-bond acceptors (Lipinski definition) is 5. The minimum atomic E-state index is -0.490. The quantitative estimate of drug-likeness (QED) is 0.570. The number of hydrogen-bond donors (Lipinski definition) is 2. The summed E-state index contributed by atoms with van der Waals surface area (Å²) >= 11 is 0. The molecule has 7 nitrogen and oxygen atoms in total. The molecule has 98 valence electrons. The minimum absolute atomic E-state index is 0.113. The first-order valence-corrected chi connectivity index (χ1v) is 5.50. The third-order valence-corrected chi connectivity index (χ3v) is 2.52. The summed E-state index contributed by atoms with van der Waals surface area (Å²) in [4.78, 5) is 24.7. The number of carbonyl (C=O) groups excluding carboxylic acids is 2. The van der Waals surface area contributed by atoms with Gasteiger partial charge in [0.05, 0.1) is 19.6 Å². The summed E-state index contributed by atoms with van der Waals surface area (Å²) < 4.78 is 9.90. The van der Waals surface area contributed by atoms with E-state index in [2.05, 4.69) is 10.9 Å². The Morgan fingerprint density at radius 2 is 1.94 bits per heavy atom. The first-order chi connectivity index (χ1) is 8.19. The van der Waals surface area contributed by atoms with Gasteiger partial charge in [0, 0.05) is 27.3 Å². The van der Waals surface area contributed by atoms with Gasteiger partial charge in [0.15, 0.2) is 0 Å². The Morgan fingerprint density at radius 1 is 1.35 bits per heavy atom. The average Bonchev–Trinajstić information content (AvgIpc) is 2.75. The molecule has 1 unspecified atom stereocenters. The Labute approximate surface area is 100 Å². The van der Waals surface area contributed by atoms with Crippen molar-refractivity contribution in [1.82, 2.24) is 15.8 Å². The maximum Gasteiger partial charge on any atom is 0.242 e. The molecule has 2 amide bonds. The molecule has 17 heavy (non-hydrogen) atoms. The van der Waals surface area contributed by atoms with E-state index in [9.17, 15) is 9.59 Å². The normalized spacial score (nSPS) is 19.2. The Morgan fingerprint density at radius 3 is 2.35 bits per heavy atom. The largest absolute Gasteiger partial charge is 0.383 e. The highest BCUT2D eigenvalue weighted by Gasteiger charge is 2.30. The highest BCUT2D eigenvalue weighted by atomic mass is 16.5. The maximum absolute atomic E-state index is 12.1. The van der Waals surface area contributed by atoms with Crippen molar-refractivity contribution in [3.8, 4) is 0 Å². The molecule has 0 spiro atoms. The van der Waals surface area contributed by atoms with Crippen LogP contribution in [0.5, 0.6) is 0 Å². The molecule has 2 N–H and O–H groups in total. The van der Waals surface area contributed by atoms with E-state index in [4.69, 9.17) is 9.47 Å². The van der Waals surface area contributed by atoms with E-state index in [0.717, 1.165) is 0 Å². The van der Waals surface area contributed by atoms with E-state index < -0.39 is 6.04 Å². The molecule has 0 aromatic heterocycles. The second-order valence-corrected chi connectivity index (χ2v) is 3.76. The molecule has 1 aliphatic rings. The van der Waals surface area contributed by atoms with Crippen LogP contribution in [0.3, 0.4) is 0 Å². The Kier molecular flexibility index (Phi) is 5.88. The molecular weight excluding hydrogens is 226 g/mol. The fraction of sp³-hybridized carbons (Fsp3) is 0.800. The lowest BCUT2D eigenvalue weighted by Crippen LogP contribution is -2.47. The number of hydrazine groups is 1. The molecular formula is C10H19N3O4. The van der Waals surface area contributed by atoms with Gasteiger partial charge in [-0.3, -0.25) is 15.0 Å². The van der Waals surface area contributed by atoms with Crippen molar-refractivity contribution in [3.63, 3.8) is 0 Å². The Bertz CT molecular complexity index is 264. The maximum atomic E-state index is 12.1. The van der Waals surface area contributed by atoms with Gasteiger partial charge in [-0.15, -0.1) is 0 Å². The third-order valence-electron chi connectivity index (χ3n) is 2.52. The lowest BCUT2D eigenvalue weighted by Gasteiger charge is -2.24. The Balaban J connectivity index is 2.48. The molecule has 0 bridgehead atoms. The van der Waals surface area contributed by atoms with Crippen LogP contribution in [0.25, 0.3) is 0 Å². The molecule has 0 aromatic rings. The van der Waals surface area contributed by atoms with Crippen LogP contribution in [0.2, 0.25) is 0 Å². The number of nitrogens with zero attached hydrogens (tertiary/aromatic N) is 1. The fourth-order valence-corrected chi connectivity index (χ4v) is 1.56. The summed E-state index contributed by atoms with van der Waals surface area (Å²) in [5.74, 6) is -0.278. The SMILES string of the molecule is COCCN(CCOC)C(=O)C1CC(=O)NN1. The fourth-order valence-electron chi connectivity index (χ4n) is 1.56. The number of methoxy groups -OCH3 is 2. The van der Waals surface area contributed by atoms with Crippen molar-refractivity contribution >= 4 is 11.8 Å². The van der Waals surface area contributed by atoms with E-state index in [-0.39, 0.29) is 18.2 Å². The molecule has 0 aliphatic carbocycles. The number of ether oxygens (including phenoxy) is 2. The summed E-state index contributed by atoms with van der Waals surface area (Å²) in [5.41, 5.74) is 5.09. The molecule has 7 heteroatoms. The summed E-state index contributed by atoms with van der Waals surface area (Å²) in [6.45, 7) is 1.91. The molecule has 1 rings (SSSR count). The first kappa shape index (κ1) is 13.9. The molecule has 1 atom stereocenters. The molecule has 0 radical (unpaired) electrons. The van der Waals surface area contributed by atoms with Crippen LogP contribution < -0.4 is 10.9 Å². The van der Waals surface area contributed by atoms with Crippen molar-refractivity contribution in [3.05, 3.63) is 0 Å². The topological polar surface area (TPSA) is 79.9 Å². The monoisotopic (exact) mass is 245 g/mol. The Hall–Kier alpha value is -1.18. The van der Waals surface area contributed by atoms with Crippen molar-refractivity contribution in [2.45, 2.75) is 12.5 Å². The van der Waals surface area contributed by atoms with Gasteiger partial charge < -0.3 is 14.4 Å². The standard InChI is InChI=1S/C10H19N3O4/c1-16-5-3-13(4-6-17-2)10(15)8-7-9(14)12-11-8/h8,11H,3-7H2,1-2H3,(H,12,14). The summed E-state index contributed by atoms with van der Waals surface area (Å²) in [6, 6.07) is -0.490. The lowest BCUT2D eigenvalue weighted by molar-refractivity contribution is -0.135. The van der Waals surface area contributed by atoms with E-state index in [1.165, 1.54) is 0 Å². The minimum Gasteiger partial charge on any atom is -0.383 e. The zero-order chi connectivity index (χ0) is 12.7. The van der Waals surface area contributed by atoms with Crippen LogP contribution in [0.1, 0.15) is 6.42 Å². The predicted octanol–water partition coefficient (Wildman–Crippen LogP) is -1.50. The third kappa shape index (κ3) is 4.29. The van der Waals surface area contributed by atoms with Gasteiger partial charge in [0.25, 0.3) is 0 Å². The van der Waals surface area contributed by atoms with Crippen molar-refractivity contribution in [2.24, 2.45) is 0 Å². The highest BCUT2D eigenvalue weighted by Crippen LogP contribution is 2.03. The second-order valence-electron chi connectivity index (χ2n) is 3.76. The molecule has 1 heterocycles. The molecule has 1 aliphatic heterocycles. The summed E-state index contributed by atoms with van der Waals surface area (Å²) in [7, 11) is 3.16. The molecule has 1 saturated heterocycles. The lowest BCUT2D eigenvalue weighted by atomic mass is 10.2. The smallest absolute Gasteiger partial charge is 0.242 e. The number of nitrogens with one attached hydrogen (secondary N) is 2. The van der Waals surface area contributed by atoms with Gasteiger partial charge in [-0.05, 0) is 0 Å². The van der Waals surface area contributed by atoms with Crippen LogP contribution in [-0.4, -0.2) is 63.3 Å². The predicted molar refractivity (Wildman–Crippen MR) is 60.0 cm³/mol. The van der Waals surface area contributed by atoms with Gasteiger partial charge in [0.2, 0.25) is 11.8 Å². The van der Waals surface area contributed by atoms with Crippen LogP contribution >= 0.6 is 0 Å². The average molecular weight is 245 g/mol. The van der Waals surface area contributed by atoms with Crippen molar-refractivity contribution in [1.29, 1.82) is 0 Å². The zero-order valence-corrected chi connectivity index (χ0v) is 10.2. The summed E-state index contributed by atoms with van der Waals surface area (Å²) in [5, 5.41) is 0. The van der Waals surface area contributed by atoms with Crippen molar-refractivity contribution in [2.75, 3.05) is 40.5 Å². The van der Waals surface area contributed by atoms with E-state index in [1.54, 1.807) is 19.1 Å². The van der Waals surface area contributed by atoms with Crippen LogP contribution in [-0.2, 0) is 19.1 Å². The highest BCUT2D eigenvalue weighted by molar-refractivity contribution is 5.90. The van der Waals surface area contributed by atoms with E-state index >= 15 is 0 Å². The summed E-state index contributed by atoms with van der Waals surface area (Å²) in [6.07, 6.45) is 0.176. The first-order valence-electron chi connectivity index (χ1n) is 5.50. The number of amides is 2. The van der Waals surface area contributed by atoms with Gasteiger partial charge in [0.1, 0.15) is 6.04 Å². The second kappa shape index (κ2) is 7.21. The number of carbonyl (C=O) groups is 2. The molecule has 1 fully saturated rings. The molecule has 0 aromatic carbocycles. The van der Waals surface area contributed by atoms with Crippen LogP contribution in [0, 0.1) is 0 Å². The zero-order valence-electron chi connectivity index (χ0n) is 10.2. The van der Waals surface area contributed by atoms with Gasteiger partial charge in [-0.25, -0.2) is 5.43 Å². The van der Waals surface area contributed by atoms with Gasteiger partial charge in [-0.1, -0.05) is 0 Å². The van der Waals surface area contributed by atoms with E-state index in [0.29, 0.717) is 26.3 Å². The van der Waals surface area contributed by atoms with Crippen molar-refractivity contribution < 1.29 is 19.1 Å². The van der Waals surface area contributed by atoms with E-state index in [1.807, 2.05) is 0 Å². The molecule has 0 saturated carbocycles.